The van der Waals surface area contributed by atoms with Gasteiger partial charge in [0.1, 0.15) is 5.75 Å². The van der Waals surface area contributed by atoms with Crippen molar-refractivity contribution in [1.82, 2.24) is 20.1 Å². The van der Waals surface area contributed by atoms with E-state index >= 15 is 0 Å². The minimum absolute atomic E-state index is 0.0911. The number of para-hydroxylation sites is 1. The molecule has 3 rings (SSSR count). The molecule has 0 radical (unpaired) electrons. The number of amides is 1. The van der Waals surface area contributed by atoms with Crippen molar-refractivity contribution in [2.45, 2.75) is 18.1 Å². The van der Waals surface area contributed by atoms with Crippen LogP contribution >= 0.6 is 11.8 Å². The van der Waals surface area contributed by atoms with E-state index in [9.17, 15) is 9.90 Å². The van der Waals surface area contributed by atoms with Crippen molar-refractivity contribution in [3.05, 3.63) is 72.8 Å². The summed E-state index contributed by atoms with van der Waals surface area (Å²) in [5.41, 5.74) is 1.81. The molecule has 2 aromatic carbocycles. The molecular weight excluding hydrogens is 372 g/mol. The number of aryl methyl sites for hydroxylation is 1. The van der Waals surface area contributed by atoms with Gasteiger partial charge in [0.25, 0.3) is 0 Å². The molecule has 0 bridgehead atoms. The molecule has 6 nitrogen and oxygen atoms in total. The third-order valence-corrected chi connectivity index (χ3v) is 5.07. The lowest BCUT2D eigenvalue weighted by molar-refractivity contribution is -0.118. The molecule has 0 saturated heterocycles. The molecule has 1 amide bonds. The van der Waals surface area contributed by atoms with Crippen LogP contribution in [0.15, 0.2) is 72.4 Å². The van der Waals surface area contributed by atoms with Crippen LogP contribution in [0.4, 0.5) is 0 Å². The number of phenols is 1. The van der Waals surface area contributed by atoms with Crippen LogP contribution < -0.4 is 5.32 Å². The molecular formula is C21H22N4O2S. The molecule has 28 heavy (non-hydrogen) atoms. The zero-order valence-electron chi connectivity index (χ0n) is 15.4. The summed E-state index contributed by atoms with van der Waals surface area (Å²) >= 11 is 1.32. The third kappa shape index (κ3) is 5.01. The van der Waals surface area contributed by atoms with Gasteiger partial charge in [-0.3, -0.25) is 4.79 Å². The SMILES string of the molecule is C=CCNC(=O)CSc1nnc(-c2ccccc2O)n1CCc1ccccc1. The van der Waals surface area contributed by atoms with E-state index < -0.39 is 0 Å². The molecule has 0 aliphatic carbocycles. The molecule has 0 aliphatic heterocycles. The van der Waals surface area contributed by atoms with Gasteiger partial charge in [-0.1, -0.05) is 60.3 Å². The molecule has 0 aliphatic rings. The maximum atomic E-state index is 11.9. The van der Waals surface area contributed by atoms with Gasteiger partial charge in [-0.2, -0.15) is 0 Å². The number of carbonyl (C=O) groups excluding carboxylic acids is 1. The van der Waals surface area contributed by atoms with Crippen molar-refractivity contribution in [2.24, 2.45) is 0 Å². The van der Waals surface area contributed by atoms with E-state index in [0.717, 1.165) is 6.42 Å². The highest BCUT2D eigenvalue weighted by atomic mass is 32.2. The number of rotatable bonds is 9. The zero-order chi connectivity index (χ0) is 19.8. The summed E-state index contributed by atoms with van der Waals surface area (Å²) in [6.45, 7) is 4.66. The summed E-state index contributed by atoms with van der Waals surface area (Å²) in [5.74, 6) is 0.878. The Balaban J connectivity index is 1.83. The first-order valence-corrected chi connectivity index (χ1v) is 9.93. The van der Waals surface area contributed by atoms with Gasteiger partial charge in [0.2, 0.25) is 5.91 Å². The van der Waals surface area contributed by atoms with Gasteiger partial charge in [0.15, 0.2) is 11.0 Å². The second-order valence-corrected chi connectivity index (χ2v) is 7.03. The molecule has 1 heterocycles. The highest BCUT2D eigenvalue weighted by Gasteiger charge is 2.17. The number of benzene rings is 2. The monoisotopic (exact) mass is 394 g/mol. The van der Waals surface area contributed by atoms with Gasteiger partial charge in [-0.05, 0) is 24.1 Å². The largest absolute Gasteiger partial charge is 0.507 e. The van der Waals surface area contributed by atoms with E-state index in [1.165, 1.54) is 17.3 Å². The number of hydrogen-bond donors (Lipinski definition) is 2. The number of nitrogens with zero attached hydrogens (tertiary/aromatic N) is 3. The molecule has 3 aromatic rings. The summed E-state index contributed by atoms with van der Waals surface area (Å²) < 4.78 is 1.95. The lowest BCUT2D eigenvalue weighted by atomic mass is 10.1. The van der Waals surface area contributed by atoms with E-state index in [1.54, 1.807) is 18.2 Å². The molecule has 0 saturated carbocycles. The van der Waals surface area contributed by atoms with Crippen LogP contribution in [0.2, 0.25) is 0 Å². The van der Waals surface area contributed by atoms with Crippen LogP contribution in [0.5, 0.6) is 5.75 Å². The molecule has 2 N–H and O–H groups in total. The highest BCUT2D eigenvalue weighted by molar-refractivity contribution is 7.99. The van der Waals surface area contributed by atoms with Crippen LogP contribution in [-0.2, 0) is 17.8 Å². The number of thioether (sulfide) groups is 1. The Morgan fingerprint density at radius 2 is 1.89 bits per heavy atom. The molecule has 0 unspecified atom stereocenters. The molecule has 144 valence electrons. The smallest absolute Gasteiger partial charge is 0.230 e. The van der Waals surface area contributed by atoms with Crippen LogP contribution in [0.3, 0.4) is 0 Å². The van der Waals surface area contributed by atoms with Crippen molar-refractivity contribution >= 4 is 17.7 Å². The third-order valence-electron chi connectivity index (χ3n) is 4.10. The summed E-state index contributed by atoms with van der Waals surface area (Å²) in [6, 6.07) is 17.2. The number of hydrogen-bond acceptors (Lipinski definition) is 5. The first-order valence-electron chi connectivity index (χ1n) is 8.95. The van der Waals surface area contributed by atoms with E-state index in [4.69, 9.17) is 0 Å². The van der Waals surface area contributed by atoms with Gasteiger partial charge < -0.3 is 15.0 Å². The second-order valence-electron chi connectivity index (χ2n) is 6.09. The summed E-state index contributed by atoms with van der Waals surface area (Å²) in [6.07, 6.45) is 2.43. The quantitative estimate of drug-likeness (QED) is 0.430. The number of phenolic OH excluding ortho intramolecular Hbond substituents is 1. The number of aromatic hydroxyl groups is 1. The fraction of sp³-hybridized carbons (Fsp3) is 0.190. The van der Waals surface area contributed by atoms with E-state index in [2.05, 4.69) is 34.2 Å². The van der Waals surface area contributed by atoms with Crippen LogP contribution in [0, 0.1) is 0 Å². The minimum Gasteiger partial charge on any atom is -0.507 e. The average molecular weight is 395 g/mol. The Morgan fingerprint density at radius 3 is 2.64 bits per heavy atom. The summed E-state index contributed by atoms with van der Waals surface area (Å²) in [5, 5.41) is 22.2. The highest BCUT2D eigenvalue weighted by Crippen LogP contribution is 2.30. The molecule has 7 heteroatoms. The maximum absolute atomic E-state index is 11.9. The van der Waals surface area contributed by atoms with E-state index in [-0.39, 0.29) is 17.4 Å². The fourth-order valence-electron chi connectivity index (χ4n) is 2.71. The van der Waals surface area contributed by atoms with Crippen LogP contribution in [0.1, 0.15) is 5.56 Å². The Kier molecular flexibility index (Phi) is 6.86. The van der Waals surface area contributed by atoms with Gasteiger partial charge in [0, 0.05) is 13.1 Å². The topological polar surface area (TPSA) is 80.0 Å². The van der Waals surface area contributed by atoms with Crippen molar-refractivity contribution in [3.63, 3.8) is 0 Å². The van der Waals surface area contributed by atoms with Crippen molar-refractivity contribution in [2.75, 3.05) is 12.3 Å². The van der Waals surface area contributed by atoms with E-state index in [0.29, 0.717) is 29.6 Å². The second kappa shape index (κ2) is 9.75. The van der Waals surface area contributed by atoms with Crippen molar-refractivity contribution < 1.29 is 9.90 Å². The lowest BCUT2D eigenvalue weighted by Crippen LogP contribution is -2.25. The van der Waals surface area contributed by atoms with Gasteiger partial charge in [-0.15, -0.1) is 16.8 Å². The van der Waals surface area contributed by atoms with Gasteiger partial charge in [0.05, 0.1) is 11.3 Å². The van der Waals surface area contributed by atoms with Gasteiger partial charge in [-0.25, -0.2) is 0 Å². The van der Waals surface area contributed by atoms with Crippen molar-refractivity contribution in [3.8, 4) is 17.1 Å². The molecule has 0 fully saturated rings. The lowest BCUT2D eigenvalue weighted by Gasteiger charge is -2.11. The predicted molar refractivity (Wildman–Crippen MR) is 111 cm³/mol. The fourth-order valence-corrected chi connectivity index (χ4v) is 3.51. The zero-order valence-corrected chi connectivity index (χ0v) is 16.2. The predicted octanol–water partition coefficient (Wildman–Crippen LogP) is 3.29. The van der Waals surface area contributed by atoms with Crippen molar-refractivity contribution in [1.29, 1.82) is 0 Å². The normalized spacial score (nSPS) is 10.6. The standard InChI is InChI=1S/C21H22N4O2S/c1-2-13-22-19(27)15-28-21-24-23-20(17-10-6-7-11-18(17)26)25(21)14-12-16-8-4-3-5-9-16/h2-11,26H,1,12-15H2,(H,22,27). The Morgan fingerprint density at radius 1 is 1.14 bits per heavy atom. The van der Waals surface area contributed by atoms with Gasteiger partial charge >= 0.3 is 0 Å². The molecule has 0 atom stereocenters. The Bertz CT molecular complexity index is 941. The summed E-state index contributed by atoms with van der Waals surface area (Å²) in [4.78, 5) is 11.9. The first-order chi connectivity index (χ1) is 13.7. The first kappa shape index (κ1) is 19.7. The Labute approximate surface area is 168 Å². The average Bonchev–Trinajstić information content (AvgIpc) is 3.12. The Hall–Kier alpha value is -3.06. The number of carbonyl (C=O) groups is 1. The van der Waals surface area contributed by atoms with Crippen LogP contribution in [0.25, 0.3) is 11.4 Å². The van der Waals surface area contributed by atoms with E-state index in [1.807, 2.05) is 34.9 Å². The van der Waals surface area contributed by atoms with Crippen LogP contribution in [-0.4, -0.2) is 38.1 Å². The summed E-state index contributed by atoms with van der Waals surface area (Å²) in [7, 11) is 0. The molecule has 1 aromatic heterocycles. The number of nitrogens with one attached hydrogen (secondary N) is 1. The maximum Gasteiger partial charge on any atom is 0.230 e. The number of aromatic nitrogens is 3. The molecule has 0 spiro atoms. The minimum atomic E-state index is -0.0911.